The summed E-state index contributed by atoms with van der Waals surface area (Å²) in [6.45, 7) is 4.40. The first-order valence-corrected chi connectivity index (χ1v) is 10.9. The minimum atomic E-state index is -0.300. The van der Waals surface area contributed by atoms with E-state index in [9.17, 15) is 14.0 Å². The van der Waals surface area contributed by atoms with Crippen LogP contribution in [0.5, 0.6) is 0 Å². The van der Waals surface area contributed by atoms with Gasteiger partial charge >= 0.3 is 0 Å². The lowest BCUT2D eigenvalue weighted by atomic mass is 9.93. The number of aromatic nitrogens is 1. The molecule has 0 aliphatic carbocycles. The Balaban J connectivity index is 1.31. The lowest BCUT2D eigenvalue weighted by Crippen LogP contribution is -2.35. The van der Waals surface area contributed by atoms with E-state index in [1.165, 1.54) is 12.1 Å². The molecule has 2 N–H and O–H groups in total. The Morgan fingerprint density at radius 1 is 1.23 bits per heavy atom. The smallest absolute Gasteiger partial charge is 0.224 e. The zero-order valence-electron chi connectivity index (χ0n) is 17.8. The maximum Gasteiger partial charge on any atom is 0.224 e. The molecule has 2 heterocycles. The molecule has 4 rings (SSSR count). The van der Waals surface area contributed by atoms with Gasteiger partial charge in [0, 0.05) is 47.9 Å². The molecule has 1 atom stereocenters. The van der Waals surface area contributed by atoms with Gasteiger partial charge in [0.25, 0.3) is 0 Å². The Morgan fingerprint density at radius 3 is 2.90 bits per heavy atom. The highest BCUT2D eigenvalue weighted by Crippen LogP contribution is 2.23. The molecule has 3 aromatic rings. The SMILES string of the molecule is Cc1cc(F)ccc1NC(=O)CCC1CCCN(Cc2cc(=O)c3ccccc3[nH]2)C1. The molecule has 1 aromatic heterocycles. The van der Waals surface area contributed by atoms with Gasteiger partial charge in [-0.1, -0.05) is 12.1 Å². The van der Waals surface area contributed by atoms with Gasteiger partial charge in [-0.05, 0) is 74.5 Å². The molecule has 1 aliphatic heterocycles. The van der Waals surface area contributed by atoms with E-state index in [4.69, 9.17) is 0 Å². The number of hydrogen-bond donors (Lipinski definition) is 2. The summed E-state index contributed by atoms with van der Waals surface area (Å²) in [7, 11) is 0. The molecule has 5 nitrogen and oxygen atoms in total. The molecule has 1 aliphatic rings. The standard InChI is InChI=1S/C25H28FN3O2/c1-17-13-19(26)9-10-22(17)28-25(31)11-8-18-5-4-12-29(15-18)16-20-14-24(30)21-6-2-3-7-23(21)27-20/h2-3,6-7,9-10,13-14,18H,4-5,8,11-12,15-16H2,1H3,(H,27,30)(H,28,31). The van der Waals surface area contributed by atoms with Crippen LogP contribution in [0.2, 0.25) is 0 Å². The van der Waals surface area contributed by atoms with E-state index in [2.05, 4.69) is 15.2 Å². The van der Waals surface area contributed by atoms with E-state index < -0.39 is 0 Å². The van der Waals surface area contributed by atoms with E-state index in [0.29, 0.717) is 30.0 Å². The summed E-state index contributed by atoms with van der Waals surface area (Å²) in [6.07, 6.45) is 3.45. The monoisotopic (exact) mass is 421 g/mol. The van der Waals surface area contributed by atoms with Gasteiger partial charge in [-0.2, -0.15) is 0 Å². The van der Waals surface area contributed by atoms with Gasteiger partial charge in [-0.15, -0.1) is 0 Å². The summed E-state index contributed by atoms with van der Waals surface area (Å²) >= 11 is 0. The van der Waals surface area contributed by atoms with Crippen molar-refractivity contribution in [3.63, 3.8) is 0 Å². The first-order chi connectivity index (χ1) is 15.0. The van der Waals surface area contributed by atoms with E-state index >= 15 is 0 Å². The summed E-state index contributed by atoms with van der Waals surface area (Å²) in [6, 6.07) is 13.7. The maximum absolute atomic E-state index is 13.2. The van der Waals surface area contributed by atoms with E-state index in [-0.39, 0.29) is 17.2 Å². The van der Waals surface area contributed by atoms with Crippen LogP contribution in [0, 0.1) is 18.7 Å². The fraction of sp³-hybridized carbons (Fsp3) is 0.360. The van der Waals surface area contributed by atoms with Crippen LogP contribution in [-0.2, 0) is 11.3 Å². The molecule has 0 radical (unpaired) electrons. The Hall–Kier alpha value is -2.99. The second-order valence-corrected chi connectivity index (χ2v) is 8.49. The third-order valence-corrected chi connectivity index (χ3v) is 6.03. The fourth-order valence-corrected chi connectivity index (χ4v) is 4.42. The predicted octanol–water partition coefficient (Wildman–Crippen LogP) is 4.61. The lowest BCUT2D eigenvalue weighted by Gasteiger charge is -2.32. The molecule has 1 unspecified atom stereocenters. The molecular weight excluding hydrogens is 393 g/mol. The number of halogens is 1. The number of carbonyl (C=O) groups is 1. The van der Waals surface area contributed by atoms with Crippen molar-refractivity contribution in [3.8, 4) is 0 Å². The molecule has 1 fully saturated rings. The second-order valence-electron chi connectivity index (χ2n) is 8.49. The molecule has 2 aromatic carbocycles. The molecule has 31 heavy (non-hydrogen) atoms. The number of piperidine rings is 1. The molecule has 162 valence electrons. The Kier molecular flexibility index (Phi) is 6.47. The molecule has 0 bridgehead atoms. The number of rotatable bonds is 6. The van der Waals surface area contributed by atoms with Gasteiger partial charge in [0.1, 0.15) is 5.82 Å². The first kappa shape index (κ1) is 21.2. The van der Waals surface area contributed by atoms with Gasteiger partial charge < -0.3 is 10.3 Å². The van der Waals surface area contributed by atoms with E-state index in [1.807, 2.05) is 24.3 Å². The summed E-state index contributed by atoms with van der Waals surface area (Å²) < 4.78 is 13.2. The zero-order chi connectivity index (χ0) is 21.8. The highest BCUT2D eigenvalue weighted by atomic mass is 19.1. The number of para-hydroxylation sites is 1. The van der Waals surface area contributed by atoms with Crippen LogP contribution in [0.25, 0.3) is 10.9 Å². The number of hydrogen-bond acceptors (Lipinski definition) is 3. The van der Waals surface area contributed by atoms with Gasteiger partial charge in [0.15, 0.2) is 5.43 Å². The number of amides is 1. The van der Waals surface area contributed by atoms with Crippen molar-refractivity contribution in [2.45, 2.75) is 39.2 Å². The lowest BCUT2D eigenvalue weighted by molar-refractivity contribution is -0.116. The number of nitrogens with zero attached hydrogens (tertiary/aromatic N) is 1. The first-order valence-electron chi connectivity index (χ1n) is 10.9. The summed E-state index contributed by atoms with van der Waals surface area (Å²) in [5.41, 5.74) is 3.23. The van der Waals surface area contributed by atoms with Gasteiger partial charge in [0.05, 0.1) is 0 Å². The Labute approximate surface area is 181 Å². The molecule has 0 saturated carbocycles. The number of carbonyl (C=O) groups excluding carboxylic acids is 1. The number of benzene rings is 2. The van der Waals surface area contributed by atoms with Gasteiger partial charge in [-0.25, -0.2) is 4.39 Å². The molecule has 6 heteroatoms. The predicted molar refractivity (Wildman–Crippen MR) is 122 cm³/mol. The molecule has 1 amide bonds. The van der Waals surface area contributed by atoms with Crippen molar-refractivity contribution >= 4 is 22.5 Å². The zero-order valence-corrected chi connectivity index (χ0v) is 17.8. The van der Waals surface area contributed by atoms with Crippen LogP contribution >= 0.6 is 0 Å². The second kappa shape index (κ2) is 9.43. The van der Waals surface area contributed by atoms with Crippen molar-refractivity contribution in [2.75, 3.05) is 18.4 Å². The molecular formula is C25H28FN3O2. The Morgan fingerprint density at radius 2 is 2.06 bits per heavy atom. The van der Waals surface area contributed by atoms with E-state index in [1.54, 1.807) is 19.1 Å². The minimum Gasteiger partial charge on any atom is -0.357 e. The van der Waals surface area contributed by atoms with Crippen molar-refractivity contribution in [1.82, 2.24) is 9.88 Å². The number of pyridine rings is 1. The van der Waals surface area contributed by atoms with Crippen LogP contribution < -0.4 is 10.7 Å². The van der Waals surface area contributed by atoms with Crippen molar-refractivity contribution in [2.24, 2.45) is 5.92 Å². The molecule has 0 spiro atoms. The maximum atomic E-state index is 13.2. The third kappa shape index (κ3) is 5.39. The van der Waals surface area contributed by atoms with Crippen LogP contribution in [0.3, 0.4) is 0 Å². The van der Waals surface area contributed by atoms with Crippen molar-refractivity contribution in [3.05, 3.63) is 75.8 Å². The van der Waals surface area contributed by atoms with Crippen LogP contribution in [0.15, 0.2) is 53.3 Å². The number of likely N-dealkylation sites (tertiary alicyclic amines) is 1. The van der Waals surface area contributed by atoms with Crippen molar-refractivity contribution < 1.29 is 9.18 Å². The van der Waals surface area contributed by atoms with Crippen LogP contribution in [-0.4, -0.2) is 28.9 Å². The number of anilines is 1. The average molecular weight is 422 g/mol. The molecule has 1 saturated heterocycles. The summed E-state index contributed by atoms with van der Waals surface area (Å²) in [4.78, 5) is 30.5. The quantitative estimate of drug-likeness (QED) is 0.611. The number of aryl methyl sites for hydroxylation is 1. The summed E-state index contributed by atoms with van der Waals surface area (Å²) in [5.74, 6) is 0.109. The third-order valence-electron chi connectivity index (χ3n) is 6.03. The normalized spacial score (nSPS) is 17.0. The Bertz CT molecular complexity index is 1140. The number of H-pyrrole nitrogens is 1. The average Bonchev–Trinajstić information content (AvgIpc) is 2.75. The largest absolute Gasteiger partial charge is 0.357 e. The number of aromatic amines is 1. The summed E-state index contributed by atoms with van der Waals surface area (Å²) in [5, 5.41) is 3.61. The van der Waals surface area contributed by atoms with Crippen molar-refractivity contribution in [1.29, 1.82) is 0 Å². The van der Waals surface area contributed by atoms with Crippen LogP contribution in [0.1, 0.15) is 36.9 Å². The highest BCUT2D eigenvalue weighted by Gasteiger charge is 2.21. The minimum absolute atomic E-state index is 0.0364. The number of fused-ring (bicyclic) bond motifs is 1. The van der Waals surface area contributed by atoms with Gasteiger partial charge in [0.2, 0.25) is 5.91 Å². The van der Waals surface area contributed by atoms with E-state index in [0.717, 1.165) is 49.1 Å². The van der Waals surface area contributed by atoms with Gasteiger partial charge in [-0.3, -0.25) is 14.5 Å². The number of nitrogens with one attached hydrogen (secondary N) is 2. The highest BCUT2D eigenvalue weighted by molar-refractivity contribution is 5.91. The topological polar surface area (TPSA) is 65.2 Å². The van der Waals surface area contributed by atoms with Crippen LogP contribution in [0.4, 0.5) is 10.1 Å². The fourth-order valence-electron chi connectivity index (χ4n) is 4.42.